The van der Waals surface area contributed by atoms with Crippen LogP contribution in [0.25, 0.3) is 27.8 Å². The normalized spacial score (nSPS) is 11.8. The van der Waals surface area contributed by atoms with Crippen LogP contribution in [0.2, 0.25) is 5.02 Å². The number of ether oxygens (including phenoxy) is 1. The number of aromatic carboxylic acids is 1. The summed E-state index contributed by atoms with van der Waals surface area (Å²) < 4.78 is 45.6. The topological polar surface area (TPSA) is 64.3 Å². The van der Waals surface area contributed by atoms with Gasteiger partial charge in [0.15, 0.2) is 5.69 Å². The van der Waals surface area contributed by atoms with Crippen molar-refractivity contribution in [3.8, 4) is 22.6 Å². The molecule has 0 amide bonds. The third-order valence-electron chi connectivity index (χ3n) is 4.96. The Bertz CT molecular complexity index is 1330. The van der Waals surface area contributed by atoms with E-state index in [-0.39, 0.29) is 16.8 Å². The highest BCUT2D eigenvalue weighted by Gasteiger charge is 2.30. The number of halogens is 4. The minimum atomic E-state index is -4.44. The van der Waals surface area contributed by atoms with Crippen molar-refractivity contribution >= 4 is 28.6 Å². The molecule has 0 saturated carbocycles. The predicted octanol–water partition coefficient (Wildman–Crippen LogP) is 6.85. The molecule has 0 spiro atoms. The molecule has 4 aromatic rings. The minimum absolute atomic E-state index is 0.0127. The fraction of sp³-hybridized carbons (Fsp3) is 0.167. The Balaban J connectivity index is 1.82. The van der Waals surface area contributed by atoms with Crippen molar-refractivity contribution in [1.82, 2.24) is 9.55 Å². The molecule has 2 aromatic carbocycles. The first kappa shape index (κ1) is 22.7. The minimum Gasteiger partial charge on any atom is -0.491 e. The van der Waals surface area contributed by atoms with Crippen LogP contribution in [0.4, 0.5) is 13.2 Å². The molecule has 0 radical (unpaired) electrons. The van der Waals surface area contributed by atoms with Gasteiger partial charge in [-0.25, -0.2) is 9.78 Å². The molecule has 9 heteroatoms. The maximum Gasteiger partial charge on any atom is 0.416 e. The second-order valence-electron chi connectivity index (χ2n) is 7.63. The highest BCUT2D eigenvalue weighted by molar-refractivity contribution is 6.38. The second-order valence-corrected chi connectivity index (χ2v) is 8.01. The number of pyridine rings is 1. The van der Waals surface area contributed by atoms with E-state index in [1.165, 1.54) is 22.9 Å². The van der Waals surface area contributed by atoms with Crippen molar-refractivity contribution in [1.29, 1.82) is 0 Å². The van der Waals surface area contributed by atoms with Crippen LogP contribution in [0.1, 0.15) is 29.9 Å². The summed E-state index contributed by atoms with van der Waals surface area (Å²) in [5.74, 6) is -0.609. The van der Waals surface area contributed by atoms with Gasteiger partial charge in [0.1, 0.15) is 11.4 Å². The highest BCUT2D eigenvalue weighted by Crippen LogP contribution is 2.36. The number of carboxylic acid groups (broad SMARTS) is 1. The van der Waals surface area contributed by atoms with Gasteiger partial charge >= 0.3 is 12.1 Å². The van der Waals surface area contributed by atoms with E-state index < -0.39 is 17.7 Å². The van der Waals surface area contributed by atoms with Gasteiger partial charge in [-0.3, -0.25) is 4.57 Å². The monoisotopic (exact) mass is 474 g/mol. The predicted molar refractivity (Wildman–Crippen MR) is 119 cm³/mol. The standard InChI is InChI=1S/C24H18ClF3N2O3/c1-13(2)33-18-9-7-17(8-10-18)30-21(23(31)32)20(25)19-11-15(12-29-22(19)30)14-3-5-16(6-4-14)24(26,27)28/h3-13H,1-2H3,(H,31,32). The lowest BCUT2D eigenvalue weighted by atomic mass is 10.0. The first-order valence-electron chi connectivity index (χ1n) is 9.94. The summed E-state index contributed by atoms with van der Waals surface area (Å²) in [7, 11) is 0. The average Bonchev–Trinajstić information content (AvgIpc) is 3.05. The molecular weight excluding hydrogens is 457 g/mol. The Morgan fingerprint density at radius 3 is 2.24 bits per heavy atom. The fourth-order valence-corrected chi connectivity index (χ4v) is 3.83. The van der Waals surface area contributed by atoms with Gasteiger partial charge in [0.2, 0.25) is 0 Å². The first-order valence-corrected chi connectivity index (χ1v) is 10.3. The van der Waals surface area contributed by atoms with Crippen LogP contribution in [0.15, 0.2) is 60.8 Å². The lowest BCUT2D eigenvalue weighted by molar-refractivity contribution is -0.137. The molecule has 170 valence electrons. The maximum absolute atomic E-state index is 12.9. The van der Waals surface area contributed by atoms with Gasteiger partial charge in [-0.2, -0.15) is 13.2 Å². The molecule has 0 bridgehead atoms. The average molecular weight is 475 g/mol. The van der Waals surface area contributed by atoms with Crippen molar-refractivity contribution in [3.05, 3.63) is 77.1 Å². The second kappa shape index (κ2) is 8.44. The van der Waals surface area contributed by atoms with E-state index in [0.29, 0.717) is 33.6 Å². The van der Waals surface area contributed by atoms with E-state index in [9.17, 15) is 23.1 Å². The molecule has 0 aliphatic rings. The molecule has 2 heterocycles. The zero-order valence-electron chi connectivity index (χ0n) is 17.5. The molecular formula is C24H18ClF3N2O3. The maximum atomic E-state index is 12.9. The van der Waals surface area contributed by atoms with Crippen molar-refractivity contribution in [2.45, 2.75) is 26.1 Å². The van der Waals surface area contributed by atoms with Gasteiger partial charge in [0, 0.05) is 22.8 Å². The Hall–Kier alpha value is -3.52. The number of carbonyl (C=O) groups is 1. The summed E-state index contributed by atoms with van der Waals surface area (Å²) in [6, 6.07) is 13.1. The van der Waals surface area contributed by atoms with Crippen LogP contribution >= 0.6 is 11.6 Å². The Morgan fingerprint density at radius 2 is 1.70 bits per heavy atom. The Kier molecular flexibility index (Phi) is 5.80. The van der Waals surface area contributed by atoms with Crippen LogP contribution in [0, 0.1) is 0 Å². The zero-order chi connectivity index (χ0) is 23.9. The third kappa shape index (κ3) is 4.39. The van der Waals surface area contributed by atoms with Crippen LogP contribution in [0.5, 0.6) is 5.75 Å². The first-order chi connectivity index (χ1) is 15.6. The molecule has 0 saturated heterocycles. The van der Waals surface area contributed by atoms with Gasteiger partial charge in [-0.1, -0.05) is 23.7 Å². The van der Waals surface area contributed by atoms with Gasteiger partial charge in [-0.05, 0) is 61.9 Å². The molecule has 1 N–H and O–H groups in total. The van der Waals surface area contributed by atoms with E-state index in [4.69, 9.17) is 16.3 Å². The molecule has 0 fully saturated rings. The van der Waals surface area contributed by atoms with Crippen LogP contribution in [0.3, 0.4) is 0 Å². The summed E-state index contributed by atoms with van der Waals surface area (Å²) in [4.78, 5) is 16.4. The van der Waals surface area contributed by atoms with Crippen molar-refractivity contribution in [2.24, 2.45) is 0 Å². The quantitative estimate of drug-likeness (QED) is 0.343. The molecule has 0 aliphatic carbocycles. The molecule has 0 atom stereocenters. The van der Waals surface area contributed by atoms with Crippen molar-refractivity contribution in [3.63, 3.8) is 0 Å². The van der Waals surface area contributed by atoms with Gasteiger partial charge in [-0.15, -0.1) is 0 Å². The summed E-state index contributed by atoms with van der Waals surface area (Å²) >= 11 is 6.44. The molecule has 0 unspecified atom stereocenters. The number of hydrogen-bond acceptors (Lipinski definition) is 3. The molecule has 2 aromatic heterocycles. The van der Waals surface area contributed by atoms with Gasteiger partial charge in [0.25, 0.3) is 0 Å². The number of fused-ring (bicyclic) bond motifs is 1. The third-order valence-corrected chi connectivity index (χ3v) is 5.34. The summed E-state index contributed by atoms with van der Waals surface area (Å²) in [6.45, 7) is 3.79. The molecule has 5 nitrogen and oxygen atoms in total. The number of rotatable bonds is 5. The highest BCUT2D eigenvalue weighted by atomic mass is 35.5. The van der Waals surface area contributed by atoms with E-state index in [1.54, 1.807) is 30.3 Å². The Morgan fingerprint density at radius 1 is 1.06 bits per heavy atom. The number of alkyl halides is 3. The van der Waals surface area contributed by atoms with Crippen molar-refractivity contribution < 1.29 is 27.8 Å². The smallest absolute Gasteiger partial charge is 0.416 e. The summed E-state index contributed by atoms with van der Waals surface area (Å²) in [6.07, 6.45) is -2.98. The Labute approximate surface area is 192 Å². The lowest BCUT2D eigenvalue weighted by Gasteiger charge is -2.12. The number of nitrogens with zero attached hydrogens (tertiary/aromatic N) is 2. The van der Waals surface area contributed by atoms with Gasteiger partial charge in [0.05, 0.1) is 16.7 Å². The van der Waals surface area contributed by atoms with E-state index in [2.05, 4.69) is 4.98 Å². The number of aromatic nitrogens is 2. The van der Waals surface area contributed by atoms with Crippen LogP contribution < -0.4 is 4.74 Å². The van der Waals surface area contributed by atoms with E-state index in [0.717, 1.165) is 12.1 Å². The SMILES string of the molecule is CC(C)Oc1ccc(-n2c(C(=O)O)c(Cl)c3cc(-c4ccc(C(F)(F)F)cc4)cnc32)cc1. The summed E-state index contributed by atoms with van der Waals surface area (Å²) in [5, 5.41) is 10.2. The zero-order valence-corrected chi connectivity index (χ0v) is 18.3. The van der Waals surface area contributed by atoms with Gasteiger partial charge < -0.3 is 9.84 Å². The van der Waals surface area contributed by atoms with E-state index in [1.807, 2.05) is 13.8 Å². The molecule has 4 rings (SSSR count). The fourth-order valence-electron chi connectivity index (χ4n) is 3.53. The summed E-state index contributed by atoms with van der Waals surface area (Å²) in [5.41, 5.74) is 0.908. The lowest BCUT2D eigenvalue weighted by Crippen LogP contribution is -2.08. The number of hydrogen-bond donors (Lipinski definition) is 1. The molecule has 0 aliphatic heterocycles. The van der Waals surface area contributed by atoms with Crippen LogP contribution in [-0.2, 0) is 6.18 Å². The number of benzene rings is 2. The van der Waals surface area contributed by atoms with Crippen molar-refractivity contribution in [2.75, 3.05) is 0 Å². The van der Waals surface area contributed by atoms with E-state index >= 15 is 0 Å². The largest absolute Gasteiger partial charge is 0.491 e. The van der Waals surface area contributed by atoms with Crippen LogP contribution in [-0.4, -0.2) is 26.7 Å². The number of carboxylic acids is 1. The molecule has 33 heavy (non-hydrogen) atoms.